The minimum absolute atomic E-state index is 0.0175. The molecule has 0 saturated carbocycles. The van der Waals surface area contributed by atoms with E-state index in [-0.39, 0.29) is 5.75 Å². The maximum Gasteiger partial charge on any atom is 0.261 e. The molecular formula is C17H15F2N3O3. The maximum absolute atomic E-state index is 14.0. The van der Waals surface area contributed by atoms with Crippen molar-refractivity contribution in [2.24, 2.45) is 0 Å². The third-order valence-corrected chi connectivity index (χ3v) is 3.63. The molecule has 8 heteroatoms. The molecule has 130 valence electrons. The molecule has 0 radical (unpaired) electrons. The Kier molecular flexibility index (Phi) is 4.37. The second kappa shape index (κ2) is 6.48. The SMILES string of the molecule is COc1cc(F)c(C(=O)Nc2ccc3nc(C(C)O)[nH]c3c2)c(F)c1. The third kappa shape index (κ3) is 3.29. The molecule has 0 fully saturated rings. The highest BCUT2D eigenvalue weighted by molar-refractivity contribution is 6.05. The van der Waals surface area contributed by atoms with Crippen LogP contribution in [0.2, 0.25) is 0 Å². The van der Waals surface area contributed by atoms with Gasteiger partial charge in [0.25, 0.3) is 5.91 Å². The second-order valence-electron chi connectivity index (χ2n) is 5.45. The molecule has 1 atom stereocenters. The Labute approximate surface area is 141 Å². The summed E-state index contributed by atoms with van der Waals surface area (Å²) < 4.78 is 32.7. The van der Waals surface area contributed by atoms with Crippen LogP contribution in [0.3, 0.4) is 0 Å². The fourth-order valence-corrected chi connectivity index (χ4v) is 2.38. The van der Waals surface area contributed by atoms with Crippen molar-refractivity contribution in [3.05, 3.63) is 53.4 Å². The van der Waals surface area contributed by atoms with Gasteiger partial charge >= 0.3 is 0 Å². The minimum Gasteiger partial charge on any atom is -0.497 e. The number of hydrogen-bond donors (Lipinski definition) is 3. The number of methoxy groups -OCH3 is 1. The van der Waals surface area contributed by atoms with Gasteiger partial charge in [0.15, 0.2) is 0 Å². The normalized spacial score (nSPS) is 12.2. The zero-order valence-corrected chi connectivity index (χ0v) is 13.4. The van der Waals surface area contributed by atoms with E-state index in [0.29, 0.717) is 22.5 Å². The maximum atomic E-state index is 14.0. The van der Waals surface area contributed by atoms with Crippen LogP contribution in [0.15, 0.2) is 30.3 Å². The molecule has 0 aliphatic rings. The topological polar surface area (TPSA) is 87.2 Å². The number of anilines is 1. The van der Waals surface area contributed by atoms with Gasteiger partial charge in [-0.15, -0.1) is 0 Å². The Morgan fingerprint density at radius 3 is 2.56 bits per heavy atom. The van der Waals surface area contributed by atoms with Crippen LogP contribution in [0.5, 0.6) is 5.75 Å². The lowest BCUT2D eigenvalue weighted by Gasteiger charge is -2.09. The predicted molar refractivity (Wildman–Crippen MR) is 87.6 cm³/mol. The van der Waals surface area contributed by atoms with E-state index in [1.165, 1.54) is 7.11 Å². The number of hydrogen-bond acceptors (Lipinski definition) is 4. The van der Waals surface area contributed by atoms with Crippen molar-refractivity contribution in [1.29, 1.82) is 0 Å². The van der Waals surface area contributed by atoms with E-state index in [1.54, 1.807) is 25.1 Å². The monoisotopic (exact) mass is 347 g/mol. The number of halogens is 2. The van der Waals surface area contributed by atoms with Gasteiger partial charge in [0.05, 0.1) is 18.1 Å². The number of carbonyl (C=O) groups is 1. The molecule has 2 aromatic carbocycles. The van der Waals surface area contributed by atoms with Crippen LogP contribution >= 0.6 is 0 Å². The Morgan fingerprint density at radius 2 is 1.96 bits per heavy atom. The molecule has 0 saturated heterocycles. The highest BCUT2D eigenvalue weighted by Crippen LogP contribution is 2.23. The molecule has 25 heavy (non-hydrogen) atoms. The zero-order chi connectivity index (χ0) is 18.1. The number of imidazole rings is 1. The number of rotatable bonds is 4. The van der Waals surface area contributed by atoms with Crippen molar-refractivity contribution in [2.75, 3.05) is 12.4 Å². The van der Waals surface area contributed by atoms with E-state index >= 15 is 0 Å². The summed E-state index contributed by atoms with van der Waals surface area (Å²) in [6.45, 7) is 1.57. The van der Waals surface area contributed by atoms with Crippen LogP contribution in [0, 0.1) is 11.6 Å². The smallest absolute Gasteiger partial charge is 0.261 e. The van der Waals surface area contributed by atoms with E-state index in [9.17, 15) is 18.7 Å². The molecule has 0 spiro atoms. The molecule has 0 aliphatic carbocycles. The number of fused-ring (bicyclic) bond motifs is 1. The van der Waals surface area contributed by atoms with Gasteiger partial charge < -0.3 is 20.1 Å². The van der Waals surface area contributed by atoms with Crippen LogP contribution < -0.4 is 10.1 Å². The second-order valence-corrected chi connectivity index (χ2v) is 5.45. The predicted octanol–water partition coefficient (Wildman–Crippen LogP) is 3.16. The molecular weight excluding hydrogens is 332 g/mol. The zero-order valence-electron chi connectivity index (χ0n) is 13.4. The molecule has 0 aliphatic heterocycles. The summed E-state index contributed by atoms with van der Waals surface area (Å²) in [5.74, 6) is -2.60. The Morgan fingerprint density at radius 1 is 1.28 bits per heavy atom. The molecule has 1 unspecified atom stereocenters. The number of ether oxygens (including phenoxy) is 1. The average molecular weight is 347 g/mol. The van der Waals surface area contributed by atoms with Crippen molar-refractivity contribution in [1.82, 2.24) is 9.97 Å². The van der Waals surface area contributed by atoms with Crippen LogP contribution in [0.1, 0.15) is 29.2 Å². The van der Waals surface area contributed by atoms with Crippen molar-refractivity contribution in [2.45, 2.75) is 13.0 Å². The number of benzene rings is 2. The number of nitrogens with one attached hydrogen (secondary N) is 2. The van der Waals surface area contributed by atoms with E-state index < -0.39 is 29.2 Å². The molecule has 3 rings (SSSR count). The van der Waals surface area contributed by atoms with Gasteiger partial charge in [0.2, 0.25) is 0 Å². The molecule has 6 nitrogen and oxygen atoms in total. The first-order valence-electron chi connectivity index (χ1n) is 7.41. The Hall–Kier alpha value is -3.00. The third-order valence-electron chi connectivity index (χ3n) is 3.63. The molecule has 1 aromatic heterocycles. The van der Waals surface area contributed by atoms with Crippen LogP contribution in [0.4, 0.5) is 14.5 Å². The van der Waals surface area contributed by atoms with E-state index in [4.69, 9.17) is 4.74 Å². The van der Waals surface area contributed by atoms with Crippen LogP contribution in [0.25, 0.3) is 11.0 Å². The van der Waals surface area contributed by atoms with Gasteiger partial charge in [-0.05, 0) is 25.1 Å². The number of aromatic amines is 1. The number of carbonyl (C=O) groups excluding carboxylic acids is 1. The number of H-pyrrole nitrogens is 1. The molecule has 1 amide bonds. The molecule has 0 bridgehead atoms. The van der Waals surface area contributed by atoms with Crippen molar-refractivity contribution in [3.8, 4) is 5.75 Å². The van der Waals surface area contributed by atoms with Crippen molar-refractivity contribution < 1.29 is 23.4 Å². The molecule has 3 aromatic rings. The van der Waals surface area contributed by atoms with E-state index in [2.05, 4.69) is 15.3 Å². The van der Waals surface area contributed by atoms with E-state index in [0.717, 1.165) is 12.1 Å². The average Bonchev–Trinajstić information content (AvgIpc) is 2.97. The summed E-state index contributed by atoms with van der Waals surface area (Å²) in [5.41, 5.74) is 0.795. The lowest BCUT2D eigenvalue weighted by Crippen LogP contribution is -2.16. The lowest BCUT2D eigenvalue weighted by molar-refractivity contribution is 0.101. The molecule has 1 heterocycles. The fraction of sp³-hybridized carbons (Fsp3) is 0.176. The summed E-state index contributed by atoms with van der Waals surface area (Å²) in [6.07, 6.45) is -0.770. The van der Waals surface area contributed by atoms with Gasteiger partial charge in [-0.1, -0.05) is 0 Å². The van der Waals surface area contributed by atoms with E-state index in [1.807, 2.05) is 0 Å². The number of aromatic nitrogens is 2. The highest BCUT2D eigenvalue weighted by atomic mass is 19.1. The van der Waals surface area contributed by atoms with Gasteiger partial charge in [0, 0.05) is 17.8 Å². The summed E-state index contributed by atoms with van der Waals surface area (Å²) in [5, 5.41) is 12.0. The van der Waals surface area contributed by atoms with Crippen LogP contribution in [-0.4, -0.2) is 28.1 Å². The summed E-state index contributed by atoms with van der Waals surface area (Å²) in [6, 6.07) is 6.60. The number of nitrogens with zero attached hydrogens (tertiary/aromatic N) is 1. The number of amides is 1. The Balaban J connectivity index is 1.89. The fourth-order valence-electron chi connectivity index (χ4n) is 2.38. The highest BCUT2D eigenvalue weighted by Gasteiger charge is 2.19. The first kappa shape index (κ1) is 16.8. The van der Waals surface area contributed by atoms with Crippen LogP contribution in [-0.2, 0) is 0 Å². The minimum atomic E-state index is -1.02. The largest absolute Gasteiger partial charge is 0.497 e. The van der Waals surface area contributed by atoms with Gasteiger partial charge in [-0.3, -0.25) is 4.79 Å². The van der Waals surface area contributed by atoms with Gasteiger partial charge in [0.1, 0.15) is 34.9 Å². The first-order chi connectivity index (χ1) is 11.9. The summed E-state index contributed by atoms with van der Waals surface area (Å²) in [4.78, 5) is 19.3. The standard InChI is InChI=1S/C17H15F2N3O3/c1-8(23)16-21-13-4-3-9(5-14(13)22-16)20-17(24)15-11(18)6-10(25-2)7-12(15)19/h3-8,23H,1-2H3,(H,20,24)(H,21,22). The Bertz CT molecular complexity index is 930. The first-order valence-corrected chi connectivity index (χ1v) is 7.41. The molecule has 3 N–H and O–H groups in total. The van der Waals surface area contributed by atoms with Crippen molar-refractivity contribution >= 4 is 22.6 Å². The van der Waals surface area contributed by atoms with Gasteiger partial charge in [-0.2, -0.15) is 0 Å². The summed E-state index contributed by atoms with van der Waals surface area (Å²) >= 11 is 0. The quantitative estimate of drug-likeness (QED) is 0.677. The lowest BCUT2D eigenvalue weighted by atomic mass is 10.1. The number of aliphatic hydroxyl groups excluding tert-OH is 1. The number of aliphatic hydroxyl groups is 1. The van der Waals surface area contributed by atoms with Gasteiger partial charge in [-0.25, -0.2) is 13.8 Å². The van der Waals surface area contributed by atoms with Crippen molar-refractivity contribution in [3.63, 3.8) is 0 Å². The summed E-state index contributed by atoms with van der Waals surface area (Å²) in [7, 11) is 1.27.